The van der Waals surface area contributed by atoms with Gasteiger partial charge in [0.05, 0.1) is 0 Å². The predicted octanol–water partition coefficient (Wildman–Crippen LogP) is 3.35. The molecule has 0 saturated carbocycles. The normalized spacial score (nSPS) is 11.3. The first-order valence-corrected chi connectivity index (χ1v) is 15.5. The minimum absolute atomic E-state index is 0.0867. The number of rotatable bonds is 6. The summed E-state index contributed by atoms with van der Waals surface area (Å²) in [5.41, 5.74) is 0.981. The number of hydrogen-bond acceptors (Lipinski definition) is 5. The summed E-state index contributed by atoms with van der Waals surface area (Å²) in [6.07, 6.45) is 1.74. The van der Waals surface area contributed by atoms with Crippen molar-refractivity contribution in [3.8, 4) is 11.7 Å². The topological polar surface area (TPSA) is 66.2 Å². The van der Waals surface area contributed by atoms with Crippen molar-refractivity contribution in [2.75, 3.05) is 12.0 Å². The van der Waals surface area contributed by atoms with E-state index >= 15 is 0 Å². The maximum absolute atomic E-state index is 11.7. The molecule has 2 aromatic rings. The van der Waals surface area contributed by atoms with Crippen molar-refractivity contribution in [1.82, 2.24) is 14.8 Å². The van der Waals surface area contributed by atoms with Gasteiger partial charge >= 0.3 is 136 Å². The molecule has 0 radical (unpaired) electrons. The van der Waals surface area contributed by atoms with Gasteiger partial charge in [-0.3, -0.25) is 0 Å². The van der Waals surface area contributed by atoms with Crippen molar-refractivity contribution < 1.29 is 14.3 Å². The van der Waals surface area contributed by atoms with Crippen LogP contribution in [0.15, 0.2) is 24.4 Å². The Labute approximate surface area is 143 Å². The average Bonchev–Trinajstić information content (AvgIpc) is 2.93. The van der Waals surface area contributed by atoms with Gasteiger partial charge in [-0.25, -0.2) is 0 Å². The number of carbonyl (C=O) groups excluding carboxylic acids is 1. The second-order valence-electron chi connectivity index (χ2n) is 6.18. The molecule has 2 heterocycles. The second kappa shape index (κ2) is 7.36. The van der Waals surface area contributed by atoms with Crippen LogP contribution in [0.1, 0.15) is 17.3 Å². The van der Waals surface area contributed by atoms with Gasteiger partial charge in [0.15, 0.2) is 0 Å². The SMILES string of the molecule is CCOC(=O)c1ccc(-n2ccc(O[CH2][Ge]([CH3])([CH3])[CH3])n2)nc1Cl. The molecule has 2 rings (SSSR count). The quantitative estimate of drug-likeness (QED) is 0.424. The molecule has 0 amide bonds. The summed E-state index contributed by atoms with van der Waals surface area (Å²) < 4.78 is 12.2. The summed E-state index contributed by atoms with van der Waals surface area (Å²) in [5, 5.41) is 4.41. The number of nitrogens with zero attached hydrogens (tertiary/aromatic N) is 3. The first-order chi connectivity index (χ1) is 10.8. The Balaban J connectivity index is 2.15. The Kier molecular flexibility index (Phi) is 5.70. The molecule has 0 aliphatic rings. The van der Waals surface area contributed by atoms with E-state index in [1.54, 1.807) is 36.0 Å². The van der Waals surface area contributed by atoms with Crippen LogP contribution < -0.4 is 4.74 Å². The molecule has 0 saturated heterocycles. The minimum atomic E-state index is -1.78. The van der Waals surface area contributed by atoms with Gasteiger partial charge in [0.25, 0.3) is 0 Å². The van der Waals surface area contributed by atoms with Crippen LogP contribution in [0, 0.1) is 0 Å². The van der Waals surface area contributed by atoms with E-state index in [1.807, 2.05) is 0 Å². The number of hydrogen-bond donors (Lipinski definition) is 0. The zero-order valence-electron chi connectivity index (χ0n) is 13.7. The van der Waals surface area contributed by atoms with Crippen LogP contribution in [0.25, 0.3) is 5.82 Å². The third-order valence-corrected chi connectivity index (χ3v) is 5.19. The van der Waals surface area contributed by atoms with Crippen molar-refractivity contribution in [3.63, 3.8) is 0 Å². The number of ether oxygens (including phenoxy) is 2. The molecule has 2 aromatic heterocycles. The monoisotopic (exact) mass is 399 g/mol. The fourth-order valence-electron chi connectivity index (χ4n) is 1.72. The van der Waals surface area contributed by atoms with E-state index in [9.17, 15) is 4.79 Å². The van der Waals surface area contributed by atoms with Gasteiger partial charge in [0, 0.05) is 0 Å². The number of aromatic nitrogens is 3. The first kappa shape index (κ1) is 17.8. The molecule has 0 N–H and O–H groups in total. The Morgan fingerprint density at radius 2 is 2.04 bits per heavy atom. The Hall–Kier alpha value is -1.54. The van der Waals surface area contributed by atoms with E-state index in [2.05, 4.69) is 27.4 Å². The molecule has 0 aromatic carbocycles. The molecular formula is C15H20ClGeN3O3. The van der Waals surface area contributed by atoms with Gasteiger partial charge in [0.1, 0.15) is 0 Å². The van der Waals surface area contributed by atoms with Crippen molar-refractivity contribution in [2.24, 2.45) is 0 Å². The van der Waals surface area contributed by atoms with Crippen LogP contribution >= 0.6 is 11.6 Å². The van der Waals surface area contributed by atoms with E-state index in [0.717, 1.165) is 5.44 Å². The van der Waals surface area contributed by atoms with Crippen LogP contribution in [0.5, 0.6) is 5.88 Å². The molecular weight excluding hydrogens is 378 g/mol. The molecule has 0 aliphatic carbocycles. The zero-order valence-corrected chi connectivity index (χ0v) is 16.5. The number of pyridine rings is 1. The third kappa shape index (κ3) is 4.97. The van der Waals surface area contributed by atoms with Crippen molar-refractivity contribution >= 4 is 30.8 Å². The van der Waals surface area contributed by atoms with E-state index in [0.29, 0.717) is 11.7 Å². The molecule has 0 unspecified atom stereocenters. The van der Waals surface area contributed by atoms with Gasteiger partial charge < -0.3 is 0 Å². The maximum atomic E-state index is 11.7. The third-order valence-electron chi connectivity index (χ3n) is 2.78. The summed E-state index contributed by atoms with van der Waals surface area (Å²) in [6.45, 7) is 2.02. The van der Waals surface area contributed by atoms with Crippen LogP contribution in [0.4, 0.5) is 0 Å². The standard InChI is InChI=1S/C15H20ClGeN3O3/c1-5-22-15(21)11-6-7-12(18-14(11)16)20-9-8-13(19-20)23-10-17(2,3)4/h6-9H,5,10H2,1-4H3. The van der Waals surface area contributed by atoms with Gasteiger partial charge in [0.2, 0.25) is 0 Å². The van der Waals surface area contributed by atoms with Crippen LogP contribution in [0.2, 0.25) is 22.4 Å². The molecule has 0 atom stereocenters. The van der Waals surface area contributed by atoms with Gasteiger partial charge in [-0.15, -0.1) is 0 Å². The van der Waals surface area contributed by atoms with Crippen molar-refractivity contribution in [2.45, 2.75) is 24.2 Å². The molecule has 0 aliphatic heterocycles. The average molecular weight is 398 g/mol. The molecule has 23 heavy (non-hydrogen) atoms. The van der Waals surface area contributed by atoms with Gasteiger partial charge in [-0.05, 0) is 6.92 Å². The van der Waals surface area contributed by atoms with E-state index in [-0.39, 0.29) is 17.3 Å². The summed E-state index contributed by atoms with van der Waals surface area (Å²) in [4.78, 5) is 15.9. The summed E-state index contributed by atoms with van der Waals surface area (Å²) in [6, 6.07) is 5.02. The van der Waals surface area contributed by atoms with Crippen LogP contribution in [-0.4, -0.2) is 46.0 Å². The Morgan fingerprint density at radius 3 is 2.65 bits per heavy atom. The van der Waals surface area contributed by atoms with Crippen molar-refractivity contribution in [3.05, 3.63) is 35.1 Å². The fourth-order valence-corrected chi connectivity index (χ4v) is 3.16. The molecule has 0 bridgehead atoms. The molecule has 0 fully saturated rings. The van der Waals surface area contributed by atoms with Gasteiger partial charge in [-0.1, -0.05) is 0 Å². The van der Waals surface area contributed by atoms with Gasteiger partial charge in [-0.2, -0.15) is 0 Å². The van der Waals surface area contributed by atoms with Crippen molar-refractivity contribution in [1.29, 1.82) is 0 Å². The molecule has 0 spiro atoms. The first-order valence-electron chi connectivity index (χ1n) is 7.32. The Bertz CT molecular complexity index is 698. The molecule has 124 valence electrons. The number of halogens is 1. The summed E-state index contributed by atoms with van der Waals surface area (Å²) in [7, 11) is 0. The second-order valence-corrected chi connectivity index (χ2v) is 17.9. The summed E-state index contributed by atoms with van der Waals surface area (Å²) >= 11 is 4.28. The Morgan fingerprint density at radius 1 is 1.30 bits per heavy atom. The van der Waals surface area contributed by atoms with E-state index in [1.165, 1.54) is 0 Å². The number of esters is 1. The molecule has 6 nitrogen and oxygen atoms in total. The zero-order chi connectivity index (χ0) is 17.0. The number of carbonyl (C=O) groups is 1. The predicted molar refractivity (Wildman–Crippen MR) is 91.2 cm³/mol. The van der Waals surface area contributed by atoms with E-state index < -0.39 is 19.2 Å². The summed E-state index contributed by atoms with van der Waals surface area (Å²) in [5.74, 6) is 7.39. The molecule has 8 heteroatoms. The van der Waals surface area contributed by atoms with Crippen LogP contribution in [-0.2, 0) is 4.74 Å². The van der Waals surface area contributed by atoms with E-state index in [4.69, 9.17) is 21.1 Å². The fraction of sp³-hybridized carbons (Fsp3) is 0.400. The van der Waals surface area contributed by atoms with Crippen LogP contribution in [0.3, 0.4) is 0 Å².